The summed E-state index contributed by atoms with van der Waals surface area (Å²) < 4.78 is 45.2. The topological polar surface area (TPSA) is 127 Å². The number of esters is 2. The molecule has 0 aliphatic carbocycles. The molecule has 0 bridgehead atoms. The van der Waals surface area contributed by atoms with Gasteiger partial charge in [0.25, 0.3) is 0 Å². The van der Waals surface area contributed by atoms with Crippen molar-refractivity contribution >= 4 is 19.8 Å². The molecule has 0 fully saturated rings. The van der Waals surface area contributed by atoms with E-state index in [9.17, 15) is 19.0 Å². The molecule has 0 aliphatic heterocycles. The van der Waals surface area contributed by atoms with Gasteiger partial charge in [-0.2, -0.15) is 0 Å². The fourth-order valence-corrected chi connectivity index (χ4v) is 4.29. The fourth-order valence-electron chi connectivity index (χ4n) is 3.40. The third-order valence-corrected chi connectivity index (χ3v) is 6.15. The predicted octanol–water partition coefficient (Wildman–Crippen LogP) is 5.36. The van der Waals surface area contributed by atoms with E-state index in [1.807, 2.05) is 0 Å². The van der Waals surface area contributed by atoms with Crippen molar-refractivity contribution in [1.82, 2.24) is 0 Å². The van der Waals surface area contributed by atoms with E-state index < -0.39 is 32.0 Å². The van der Waals surface area contributed by atoms with E-state index in [0.29, 0.717) is 22.6 Å². The van der Waals surface area contributed by atoms with Crippen molar-refractivity contribution in [3.8, 4) is 23.0 Å². The van der Waals surface area contributed by atoms with Gasteiger partial charge in [-0.25, -0.2) is 14.2 Å². The standard InChI is InChI=1S/C28H35O10P/c1-17(2)27(29)35-19(5)13-21-15-23(33-7)9-11-25(21)37-39(31,32)38-26-12-10-24(34-8)16-22(26)14-20(6)36-28(30)18(3)4/h9-12,15-16,19-20H,1,3,13-14H2,2,4-8H3,(H,31,32). The molecular formula is C28H35O10P. The van der Waals surface area contributed by atoms with E-state index in [1.165, 1.54) is 40.2 Å². The van der Waals surface area contributed by atoms with Crippen LogP contribution in [0, 0.1) is 0 Å². The lowest BCUT2D eigenvalue weighted by Gasteiger charge is -2.21. The van der Waals surface area contributed by atoms with Crippen molar-refractivity contribution in [3.63, 3.8) is 0 Å². The summed E-state index contributed by atoms with van der Waals surface area (Å²) in [5.41, 5.74) is 1.39. The number of phosphoric ester groups is 1. The van der Waals surface area contributed by atoms with Crippen LogP contribution in [0.5, 0.6) is 23.0 Å². The van der Waals surface area contributed by atoms with Gasteiger partial charge in [0, 0.05) is 35.1 Å². The first-order valence-electron chi connectivity index (χ1n) is 12.0. The van der Waals surface area contributed by atoms with E-state index in [2.05, 4.69) is 13.2 Å². The molecule has 0 aromatic heterocycles. The predicted molar refractivity (Wildman–Crippen MR) is 145 cm³/mol. The first-order chi connectivity index (χ1) is 18.2. The lowest BCUT2D eigenvalue weighted by atomic mass is 10.1. The lowest BCUT2D eigenvalue weighted by Crippen LogP contribution is -2.18. The minimum atomic E-state index is -4.74. The van der Waals surface area contributed by atoms with E-state index in [4.69, 9.17) is 28.0 Å². The summed E-state index contributed by atoms with van der Waals surface area (Å²) >= 11 is 0. The SMILES string of the molecule is C=C(C)C(=O)OC(C)Cc1cc(OC)ccc1OP(=O)(O)Oc1ccc(OC)cc1CC(C)OC(=O)C(=C)C. The number of rotatable bonds is 14. The van der Waals surface area contributed by atoms with Crippen LogP contribution in [0.1, 0.15) is 38.8 Å². The molecule has 0 saturated carbocycles. The minimum absolute atomic E-state index is 0.0404. The third kappa shape index (κ3) is 9.81. The van der Waals surface area contributed by atoms with Gasteiger partial charge in [-0.1, -0.05) is 13.2 Å². The maximum absolute atomic E-state index is 13.1. The maximum atomic E-state index is 13.1. The van der Waals surface area contributed by atoms with Gasteiger partial charge in [0.15, 0.2) is 0 Å². The Bertz CT molecular complexity index is 1180. The highest BCUT2D eigenvalue weighted by atomic mass is 31.2. The summed E-state index contributed by atoms with van der Waals surface area (Å²) in [6, 6.07) is 9.25. The van der Waals surface area contributed by atoms with Gasteiger partial charge in [-0.15, -0.1) is 0 Å². The number of ether oxygens (including phenoxy) is 4. The number of hydrogen-bond donors (Lipinski definition) is 1. The molecule has 2 rings (SSSR count). The Kier molecular flexibility index (Phi) is 11.2. The highest BCUT2D eigenvalue weighted by Gasteiger charge is 2.29. The normalized spacial score (nSPS) is 13.7. The van der Waals surface area contributed by atoms with E-state index in [0.717, 1.165) is 0 Å². The molecule has 1 N–H and O–H groups in total. The molecule has 0 amide bonds. The quantitative estimate of drug-likeness (QED) is 0.183. The molecule has 0 saturated heterocycles. The van der Waals surface area contributed by atoms with Crippen LogP contribution in [-0.2, 0) is 36.5 Å². The van der Waals surface area contributed by atoms with Crippen LogP contribution in [-0.4, -0.2) is 43.3 Å². The second-order valence-electron chi connectivity index (χ2n) is 9.00. The molecule has 11 heteroatoms. The van der Waals surface area contributed by atoms with Gasteiger partial charge in [-0.05, 0) is 64.1 Å². The molecule has 212 valence electrons. The number of carbonyl (C=O) groups excluding carboxylic acids is 2. The molecular weight excluding hydrogens is 527 g/mol. The first kappa shape index (κ1) is 31.5. The van der Waals surface area contributed by atoms with Crippen LogP contribution in [0.25, 0.3) is 0 Å². The zero-order chi connectivity index (χ0) is 29.3. The van der Waals surface area contributed by atoms with Crippen molar-refractivity contribution in [2.75, 3.05) is 14.2 Å². The zero-order valence-electron chi connectivity index (χ0n) is 23.0. The Hall–Kier alpha value is -3.75. The van der Waals surface area contributed by atoms with E-state index in [1.54, 1.807) is 38.1 Å². The maximum Gasteiger partial charge on any atom is 0.584 e. The summed E-state index contributed by atoms with van der Waals surface area (Å²) in [5.74, 6) is -0.0868. The molecule has 0 aliphatic rings. The summed E-state index contributed by atoms with van der Waals surface area (Å²) in [7, 11) is -1.78. The summed E-state index contributed by atoms with van der Waals surface area (Å²) in [4.78, 5) is 34.5. The number of methoxy groups -OCH3 is 2. The van der Waals surface area contributed by atoms with Crippen LogP contribution < -0.4 is 18.5 Å². The monoisotopic (exact) mass is 562 g/mol. The average Bonchev–Trinajstić information content (AvgIpc) is 2.85. The van der Waals surface area contributed by atoms with Crippen molar-refractivity contribution in [2.45, 2.75) is 52.7 Å². The molecule has 0 heterocycles. The number of hydrogen-bond acceptors (Lipinski definition) is 9. The Morgan fingerprint density at radius 1 is 0.795 bits per heavy atom. The largest absolute Gasteiger partial charge is 0.584 e. The van der Waals surface area contributed by atoms with Gasteiger partial charge < -0.3 is 28.0 Å². The zero-order valence-corrected chi connectivity index (χ0v) is 23.9. The summed E-state index contributed by atoms with van der Waals surface area (Å²) in [6.45, 7) is 13.5. The molecule has 0 spiro atoms. The summed E-state index contributed by atoms with van der Waals surface area (Å²) in [6.07, 6.45) is -0.880. The van der Waals surface area contributed by atoms with Gasteiger partial charge in [0.1, 0.15) is 35.2 Å². The van der Waals surface area contributed by atoms with Gasteiger partial charge >= 0.3 is 19.8 Å². The molecule has 0 radical (unpaired) electrons. The van der Waals surface area contributed by atoms with Crippen LogP contribution in [0.3, 0.4) is 0 Å². The Labute approximate surface area is 228 Å². The van der Waals surface area contributed by atoms with Crippen LogP contribution >= 0.6 is 7.82 Å². The van der Waals surface area contributed by atoms with Gasteiger partial charge in [0.2, 0.25) is 0 Å². The smallest absolute Gasteiger partial charge is 0.497 e. The Balaban J connectivity index is 2.30. The molecule has 2 unspecified atom stereocenters. The van der Waals surface area contributed by atoms with Gasteiger partial charge in [-0.3, -0.25) is 4.89 Å². The highest BCUT2D eigenvalue weighted by molar-refractivity contribution is 7.48. The minimum Gasteiger partial charge on any atom is -0.497 e. The molecule has 2 aromatic carbocycles. The summed E-state index contributed by atoms with van der Waals surface area (Å²) in [5, 5.41) is 0. The fraction of sp³-hybridized carbons (Fsp3) is 0.357. The molecule has 39 heavy (non-hydrogen) atoms. The number of benzene rings is 2. The van der Waals surface area contributed by atoms with Crippen molar-refractivity contribution in [2.24, 2.45) is 0 Å². The first-order valence-corrected chi connectivity index (χ1v) is 13.5. The van der Waals surface area contributed by atoms with Crippen LogP contribution in [0.15, 0.2) is 60.7 Å². The Morgan fingerprint density at radius 3 is 1.46 bits per heavy atom. The van der Waals surface area contributed by atoms with Crippen LogP contribution in [0.4, 0.5) is 0 Å². The van der Waals surface area contributed by atoms with Crippen molar-refractivity contribution < 1.29 is 47.0 Å². The van der Waals surface area contributed by atoms with Crippen LogP contribution in [0.2, 0.25) is 0 Å². The van der Waals surface area contributed by atoms with Crippen molar-refractivity contribution in [1.29, 1.82) is 0 Å². The Morgan fingerprint density at radius 2 is 1.15 bits per heavy atom. The van der Waals surface area contributed by atoms with Gasteiger partial charge in [0.05, 0.1) is 14.2 Å². The number of phosphoric acid groups is 1. The van der Waals surface area contributed by atoms with Crippen molar-refractivity contribution in [3.05, 3.63) is 71.8 Å². The molecule has 2 atom stereocenters. The second-order valence-corrected chi connectivity index (χ2v) is 10.3. The number of carbonyl (C=O) groups is 2. The third-order valence-electron chi connectivity index (χ3n) is 5.29. The molecule has 10 nitrogen and oxygen atoms in total. The lowest BCUT2D eigenvalue weighted by molar-refractivity contribution is -0.144. The average molecular weight is 563 g/mol. The van der Waals surface area contributed by atoms with E-state index in [-0.39, 0.29) is 35.5 Å². The molecule has 2 aromatic rings. The van der Waals surface area contributed by atoms with E-state index >= 15 is 0 Å². The second kappa shape index (κ2) is 13.9. The highest BCUT2D eigenvalue weighted by Crippen LogP contribution is 2.47.